The van der Waals surface area contributed by atoms with Gasteiger partial charge in [-0.05, 0) is 37.6 Å². The lowest BCUT2D eigenvalue weighted by Crippen LogP contribution is -2.49. The van der Waals surface area contributed by atoms with Crippen LogP contribution in [0.5, 0.6) is 0 Å². The van der Waals surface area contributed by atoms with Crippen molar-refractivity contribution in [2.75, 3.05) is 13.1 Å². The Morgan fingerprint density at radius 2 is 2.12 bits per heavy atom. The molecule has 2 fully saturated rings. The fourth-order valence-electron chi connectivity index (χ4n) is 2.46. The Morgan fingerprint density at radius 1 is 1.38 bits per heavy atom. The molecule has 2 aliphatic rings. The summed E-state index contributed by atoms with van der Waals surface area (Å²) in [5, 5.41) is 6.37. The molecule has 0 aromatic carbocycles. The van der Waals surface area contributed by atoms with Crippen LogP contribution >= 0.6 is 12.4 Å². The van der Waals surface area contributed by atoms with Crippen molar-refractivity contribution in [1.82, 2.24) is 10.6 Å². The van der Waals surface area contributed by atoms with Gasteiger partial charge < -0.3 is 10.6 Å². The van der Waals surface area contributed by atoms with Gasteiger partial charge in [-0.2, -0.15) is 0 Å². The smallest absolute Gasteiger partial charge is 0.237 e. The number of amides is 1. The highest BCUT2D eigenvalue weighted by molar-refractivity contribution is 5.85. The van der Waals surface area contributed by atoms with Gasteiger partial charge in [0, 0.05) is 6.54 Å². The lowest BCUT2D eigenvalue weighted by molar-refractivity contribution is -0.124. The van der Waals surface area contributed by atoms with E-state index in [0.717, 1.165) is 19.5 Å². The molecular weight excluding hydrogens is 224 g/mol. The normalized spacial score (nSPS) is 27.4. The number of nitrogens with one attached hydrogen (secondary N) is 2. The van der Waals surface area contributed by atoms with Crippen LogP contribution in [0.25, 0.3) is 0 Å². The molecule has 0 spiro atoms. The molecule has 3 nitrogen and oxygen atoms in total. The third-order valence-corrected chi connectivity index (χ3v) is 3.88. The maximum Gasteiger partial charge on any atom is 0.237 e. The Morgan fingerprint density at radius 3 is 2.62 bits per heavy atom. The average molecular weight is 247 g/mol. The van der Waals surface area contributed by atoms with Crippen LogP contribution in [0.15, 0.2) is 0 Å². The molecule has 1 amide bonds. The summed E-state index contributed by atoms with van der Waals surface area (Å²) in [5.74, 6) is 0.211. The van der Waals surface area contributed by atoms with Gasteiger partial charge in [0.1, 0.15) is 0 Å². The first-order valence-corrected chi connectivity index (χ1v) is 6.21. The molecule has 0 radical (unpaired) electrons. The number of carbonyl (C=O) groups is 1. The molecule has 16 heavy (non-hydrogen) atoms. The van der Waals surface area contributed by atoms with Crippen molar-refractivity contribution in [3.05, 3.63) is 0 Å². The van der Waals surface area contributed by atoms with E-state index in [1.807, 2.05) is 0 Å². The van der Waals surface area contributed by atoms with Crippen LogP contribution in [0.2, 0.25) is 0 Å². The second-order valence-electron chi connectivity index (χ2n) is 5.38. The summed E-state index contributed by atoms with van der Waals surface area (Å²) < 4.78 is 0. The summed E-state index contributed by atoms with van der Waals surface area (Å²) in [5.41, 5.74) is 0.393. The predicted molar refractivity (Wildman–Crippen MR) is 67.9 cm³/mol. The number of piperidine rings is 1. The molecule has 2 rings (SSSR count). The molecule has 0 aromatic rings. The molecule has 0 bridgehead atoms. The fourth-order valence-corrected chi connectivity index (χ4v) is 2.46. The van der Waals surface area contributed by atoms with Gasteiger partial charge >= 0.3 is 0 Å². The third kappa shape index (κ3) is 3.36. The van der Waals surface area contributed by atoms with E-state index in [4.69, 9.17) is 0 Å². The third-order valence-electron chi connectivity index (χ3n) is 3.88. The second kappa shape index (κ2) is 5.87. The molecule has 1 aliphatic carbocycles. The molecule has 0 aromatic heterocycles. The fraction of sp³-hybridized carbons (Fsp3) is 0.917. The van der Waals surface area contributed by atoms with E-state index in [1.54, 1.807) is 0 Å². The van der Waals surface area contributed by atoms with Gasteiger partial charge in [-0.1, -0.05) is 19.8 Å². The number of hydrogen-bond donors (Lipinski definition) is 2. The van der Waals surface area contributed by atoms with E-state index in [2.05, 4.69) is 17.6 Å². The monoisotopic (exact) mass is 246 g/mol. The van der Waals surface area contributed by atoms with Crippen LogP contribution in [0.3, 0.4) is 0 Å². The van der Waals surface area contributed by atoms with Crippen LogP contribution in [0.1, 0.15) is 45.4 Å². The quantitative estimate of drug-likeness (QED) is 0.798. The van der Waals surface area contributed by atoms with Crippen molar-refractivity contribution < 1.29 is 4.79 Å². The SMILES string of the molecule is CC1(CNC(=O)C2CCCCN2)CCC1.Cl. The first-order valence-electron chi connectivity index (χ1n) is 6.21. The van der Waals surface area contributed by atoms with Gasteiger partial charge in [-0.3, -0.25) is 4.79 Å². The maximum atomic E-state index is 11.8. The summed E-state index contributed by atoms with van der Waals surface area (Å²) >= 11 is 0. The molecule has 2 N–H and O–H groups in total. The first-order chi connectivity index (χ1) is 7.20. The van der Waals surface area contributed by atoms with Crippen molar-refractivity contribution in [2.24, 2.45) is 5.41 Å². The predicted octanol–water partition coefficient (Wildman–Crippen LogP) is 1.86. The van der Waals surface area contributed by atoms with Crippen LogP contribution in [-0.2, 0) is 4.79 Å². The number of rotatable bonds is 3. The lowest BCUT2D eigenvalue weighted by atomic mass is 9.70. The maximum absolute atomic E-state index is 11.8. The minimum atomic E-state index is 0. The largest absolute Gasteiger partial charge is 0.354 e. The molecular formula is C12H23ClN2O. The molecule has 4 heteroatoms. The Labute approximate surface area is 104 Å². The van der Waals surface area contributed by atoms with E-state index in [9.17, 15) is 4.79 Å². The Bertz CT molecular complexity index is 235. The minimum Gasteiger partial charge on any atom is -0.354 e. The number of carbonyl (C=O) groups excluding carboxylic acids is 1. The molecule has 1 aliphatic heterocycles. The highest BCUT2D eigenvalue weighted by atomic mass is 35.5. The number of halogens is 1. The van der Waals surface area contributed by atoms with Crippen molar-refractivity contribution >= 4 is 18.3 Å². The van der Waals surface area contributed by atoms with Crippen molar-refractivity contribution in [1.29, 1.82) is 0 Å². The second-order valence-corrected chi connectivity index (χ2v) is 5.38. The Balaban J connectivity index is 0.00000128. The van der Waals surface area contributed by atoms with E-state index in [-0.39, 0.29) is 24.4 Å². The summed E-state index contributed by atoms with van der Waals surface area (Å²) in [4.78, 5) is 11.8. The zero-order valence-electron chi connectivity index (χ0n) is 10.1. The highest BCUT2D eigenvalue weighted by Gasteiger charge is 2.32. The zero-order chi connectivity index (χ0) is 10.7. The molecule has 1 unspecified atom stereocenters. The Hall–Kier alpha value is -0.280. The molecule has 1 saturated heterocycles. The molecule has 1 heterocycles. The lowest BCUT2D eigenvalue weighted by Gasteiger charge is -2.38. The Kier molecular flexibility index (Phi) is 5.06. The van der Waals surface area contributed by atoms with Crippen LogP contribution in [-0.4, -0.2) is 25.0 Å². The van der Waals surface area contributed by atoms with Crippen LogP contribution in [0, 0.1) is 5.41 Å². The molecule has 1 saturated carbocycles. The van der Waals surface area contributed by atoms with Gasteiger partial charge in [-0.15, -0.1) is 12.4 Å². The standard InChI is InChI=1S/C12H22N2O.ClH/c1-12(6-4-7-12)9-14-11(15)10-5-2-3-8-13-10;/h10,13H,2-9H2,1H3,(H,14,15);1H. The van der Waals surface area contributed by atoms with Gasteiger partial charge in [0.15, 0.2) is 0 Å². The van der Waals surface area contributed by atoms with Crippen molar-refractivity contribution in [2.45, 2.75) is 51.5 Å². The van der Waals surface area contributed by atoms with Crippen LogP contribution < -0.4 is 10.6 Å². The van der Waals surface area contributed by atoms with Crippen LogP contribution in [0.4, 0.5) is 0 Å². The van der Waals surface area contributed by atoms with E-state index >= 15 is 0 Å². The van der Waals surface area contributed by atoms with Gasteiger partial charge in [0.05, 0.1) is 6.04 Å². The first kappa shape index (κ1) is 13.8. The summed E-state index contributed by atoms with van der Waals surface area (Å²) in [6.07, 6.45) is 7.26. The van der Waals surface area contributed by atoms with Gasteiger partial charge in [0.2, 0.25) is 5.91 Å². The topological polar surface area (TPSA) is 41.1 Å². The minimum absolute atomic E-state index is 0. The highest BCUT2D eigenvalue weighted by Crippen LogP contribution is 2.39. The van der Waals surface area contributed by atoms with E-state index < -0.39 is 0 Å². The summed E-state index contributed by atoms with van der Waals surface area (Å²) in [6.45, 7) is 4.13. The van der Waals surface area contributed by atoms with Crippen molar-refractivity contribution in [3.8, 4) is 0 Å². The van der Waals surface area contributed by atoms with Gasteiger partial charge in [-0.25, -0.2) is 0 Å². The van der Waals surface area contributed by atoms with E-state index in [0.29, 0.717) is 5.41 Å². The number of hydrogen-bond acceptors (Lipinski definition) is 2. The average Bonchev–Trinajstić information content (AvgIpc) is 2.24. The zero-order valence-corrected chi connectivity index (χ0v) is 10.9. The summed E-state index contributed by atoms with van der Waals surface area (Å²) in [6, 6.07) is 0.0717. The van der Waals surface area contributed by atoms with Crippen molar-refractivity contribution in [3.63, 3.8) is 0 Å². The molecule has 1 atom stereocenters. The van der Waals surface area contributed by atoms with Gasteiger partial charge in [0.25, 0.3) is 0 Å². The summed E-state index contributed by atoms with van der Waals surface area (Å²) in [7, 11) is 0. The molecule has 94 valence electrons. The van der Waals surface area contributed by atoms with E-state index in [1.165, 1.54) is 32.1 Å².